The zero-order valence-corrected chi connectivity index (χ0v) is 15.4. The minimum atomic E-state index is -0.432. The molecular formula is C23H21FN2O2. The fourth-order valence-electron chi connectivity index (χ4n) is 5.03. The summed E-state index contributed by atoms with van der Waals surface area (Å²) in [6.07, 6.45) is 4.11. The molecule has 5 heteroatoms. The highest BCUT2D eigenvalue weighted by Gasteiger charge is 2.39. The van der Waals surface area contributed by atoms with Gasteiger partial charge in [-0.05, 0) is 66.8 Å². The molecule has 1 aromatic heterocycles. The van der Waals surface area contributed by atoms with Crippen molar-refractivity contribution >= 4 is 16.8 Å². The number of carbonyl (C=O) groups excluding carboxylic acids is 1. The van der Waals surface area contributed by atoms with Crippen LogP contribution in [0.5, 0.6) is 0 Å². The number of aromatic amines is 1. The largest absolute Gasteiger partial charge is 0.349 e. The molecule has 0 saturated heterocycles. The summed E-state index contributed by atoms with van der Waals surface area (Å²) in [6.45, 7) is 0. The molecule has 2 unspecified atom stereocenters. The van der Waals surface area contributed by atoms with E-state index in [-0.39, 0.29) is 23.1 Å². The second-order valence-corrected chi connectivity index (χ2v) is 8.01. The lowest BCUT2D eigenvalue weighted by Gasteiger charge is -2.24. The van der Waals surface area contributed by atoms with Crippen LogP contribution in [0.1, 0.15) is 34.3 Å². The molecule has 28 heavy (non-hydrogen) atoms. The summed E-state index contributed by atoms with van der Waals surface area (Å²) in [4.78, 5) is 27.8. The Kier molecular flexibility index (Phi) is 4.04. The summed E-state index contributed by atoms with van der Waals surface area (Å²) < 4.78 is 13.8. The van der Waals surface area contributed by atoms with Gasteiger partial charge in [0.15, 0.2) is 0 Å². The van der Waals surface area contributed by atoms with E-state index in [1.54, 1.807) is 0 Å². The van der Waals surface area contributed by atoms with Crippen molar-refractivity contribution < 1.29 is 9.18 Å². The Morgan fingerprint density at radius 3 is 2.36 bits per heavy atom. The molecular weight excluding hydrogens is 355 g/mol. The van der Waals surface area contributed by atoms with Gasteiger partial charge in [0.05, 0.1) is 5.56 Å². The van der Waals surface area contributed by atoms with Gasteiger partial charge in [-0.2, -0.15) is 0 Å². The summed E-state index contributed by atoms with van der Waals surface area (Å²) in [6, 6.07) is 13.9. The third-order valence-electron chi connectivity index (χ3n) is 6.35. The molecule has 3 aromatic rings. The predicted octanol–water partition coefficient (Wildman–Crippen LogP) is 3.59. The molecule has 2 aliphatic rings. The van der Waals surface area contributed by atoms with Gasteiger partial charge in [0, 0.05) is 23.0 Å². The number of benzene rings is 2. The van der Waals surface area contributed by atoms with E-state index < -0.39 is 5.82 Å². The molecule has 142 valence electrons. The maximum absolute atomic E-state index is 13.8. The average molecular weight is 376 g/mol. The number of amides is 1. The molecule has 2 aliphatic carbocycles. The van der Waals surface area contributed by atoms with E-state index in [0.29, 0.717) is 22.7 Å². The molecule has 2 N–H and O–H groups in total. The summed E-state index contributed by atoms with van der Waals surface area (Å²) in [5, 5.41) is 3.63. The van der Waals surface area contributed by atoms with Gasteiger partial charge in [0.2, 0.25) is 5.56 Å². The standard InChI is InChI=1S/C23H21FN2O2/c24-17-7-8-20-18(11-17)19(12-21(27)25-20)23(28)26-22-15-5-6-16(22)10-14-4-2-1-3-13(14)9-15/h1-4,7-8,11-12,15-16,22H,5-6,9-10H2,(H,25,27)(H,26,28). The molecule has 0 aliphatic heterocycles. The van der Waals surface area contributed by atoms with Crippen LogP contribution in [0.15, 0.2) is 53.3 Å². The van der Waals surface area contributed by atoms with E-state index in [0.717, 1.165) is 25.7 Å². The minimum Gasteiger partial charge on any atom is -0.349 e. The highest BCUT2D eigenvalue weighted by molar-refractivity contribution is 6.06. The topological polar surface area (TPSA) is 62.0 Å². The van der Waals surface area contributed by atoms with E-state index in [9.17, 15) is 14.0 Å². The Morgan fingerprint density at radius 2 is 1.68 bits per heavy atom. The Bertz CT molecular complexity index is 1100. The van der Waals surface area contributed by atoms with Crippen LogP contribution in [0, 0.1) is 17.7 Å². The first-order valence-electron chi connectivity index (χ1n) is 9.79. The van der Waals surface area contributed by atoms with Crippen molar-refractivity contribution in [1.29, 1.82) is 0 Å². The number of hydrogen-bond donors (Lipinski definition) is 2. The van der Waals surface area contributed by atoms with Gasteiger partial charge >= 0.3 is 0 Å². The SMILES string of the molecule is O=C(NC1C2CCC1Cc1ccccc1C2)c1cc(=O)[nH]c2ccc(F)cc12. The summed E-state index contributed by atoms with van der Waals surface area (Å²) in [5.41, 5.74) is 3.09. The van der Waals surface area contributed by atoms with Gasteiger partial charge in [-0.1, -0.05) is 24.3 Å². The van der Waals surface area contributed by atoms with Crippen molar-refractivity contribution in [3.8, 4) is 0 Å². The Balaban J connectivity index is 1.48. The molecule has 4 nitrogen and oxygen atoms in total. The fraction of sp³-hybridized carbons (Fsp3) is 0.304. The quantitative estimate of drug-likeness (QED) is 0.718. The number of halogens is 1. The maximum Gasteiger partial charge on any atom is 0.252 e. The third kappa shape index (κ3) is 2.91. The van der Waals surface area contributed by atoms with Crippen LogP contribution in [-0.2, 0) is 12.8 Å². The molecule has 1 saturated carbocycles. The molecule has 2 aromatic carbocycles. The number of carbonyl (C=O) groups is 1. The van der Waals surface area contributed by atoms with Crippen molar-refractivity contribution in [1.82, 2.24) is 10.3 Å². The smallest absolute Gasteiger partial charge is 0.252 e. The van der Waals surface area contributed by atoms with Crippen LogP contribution in [0.2, 0.25) is 0 Å². The average Bonchev–Trinajstić information content (AvgIpc) is 2.95. The van der Waals surface area contributed by atoms with Gasteiger partial charge in [-0.3, -0.25) is 9.59 Å². The van der Waals surface area contributed by atoms with Crippen LogP contribution in [0.4, 0.5) is 4.39 Å². The molecule has 1 fully saturated rings. The Morgan fingerprint density at radius 1 is 1.00 bits per heavy atom. The number of hydrogen-bond acceptors (Lipinski definition) is 2. The highest BCUT2D eigenvalue weighted by Crippen LogP contribution is 2.40. The predicted molar refractivity (Wildman–Crippen MR) is 106 cm³/mol. The Labute approximate surface area is 161 Å². The Hall–Kier alpha value is -2.95. The maximum atomic E-state index is 13.8. The van der Waals surface area contributed by atoms with Crippen molar-refractivity contribution in [2.45, 2.75) is 31.7 Å². The third-order valence-corrected chi connectivity index (χ3v) is 6.35. The molecule has 0 radical (unpaired) electrons. The van der Waals surface area contributed by atoms with Crippen LogP contribution in [0.25, 0.3) is 10.9 Å². The van der Waals surface area contributed by atoms with E-state index in [2.05, 4.69) is 34.6 Å². The van der Waals surface area contributed by atoms with Gasteiger partial charge in [0.1, 0.15) is 5.82 Å². The first kappa shape index (κ1) is 17.2. The number of H-pyrrole nitrogens is 1. The number of rotatable bonds is 2. The van der Waals surface area contributed by atoms with E-state index >= 15 is 0 Å². The van der Waals surface area contributed by atoms with Crippen molar-refractivity contribution in [2.75, 3.05) is 0 Å². The molecule has 5 rings (SSSR count). The first-order valence-corrected chi connectivity index (χ1v) is 9.79. The van der Waals surface area contributed by atoms with Crippen LogP contribution >= 0.6 is 0 Å². The second-order valence-electron chi connectivity index (χ2n) is 8.01. The van der Waals surface area contributed by atoms with Crippen LogP contribution in [-0.4, -0.2) is 16.9 Å². The van der Waals surface area contributed by atoms with Crippen LogP contribution in [0.3, 0.4) is 0 Å². The van der Waals surface area contributed by atoms with E-state index in [1.165, 1.54) is 35.4 Å². The molecule has 1 amide bonds. The number of pyridine rings is 1. The van der Waals surface area contributed by atoms with Gasteiger partial charge in [-0.25, -0.2) is 4.39 Å². The normalized spacial score (nSPS) is 23.2. The van der Waals surface area contributed by atoms with Gasteiger partial charge in [0.25, 0.3) is 5.91 Å². The van der Waals surface area contributed by atoms with Crippen molar-refractivity contribution in [2.24, 2.45) is 11.8 Å². The lowest BCUT2D eigenvalue weighted by atomic mass is 9.94. The molecule has 0 spiro atoms. The van der Waals surface area contributed by atoms with Crippen molar-refractivity contribution in [3.63, 3.8) is 0 Å². The minimum absolute atomic E-state index is 0.0720. The van der Waals surface area contributed by atoms with Gasteiger partial charge in [-0.15, -0.1) is 0 Å². The zero-order chi connectivity index (χ0) is 19.3. The van der Waals surface area contributed by atoms with Gasteiger partial charge < -0.3 is 10.3 Å². The zero-order valence-electron chi connectivity index (χ0n) is 15.4. The second kappa shape index (κ2) is 6.59. The number of aromatic nitrogens is 1. The number of fused-ring (bicyclic) bond motifs is 4. The molecule has 2 bridgehead atoms. The fourth-order valence-corrected chi connectivity index (χ4v) is 5.03. The summed E-state index contributed by atoms with van der Waals surface area (Å²) in [7, 11) is 0. The first-order chi connectivity index (χ1) is 13.6. The lowest BCUT2D eigenvalue weighted by molar-refractivity contribution is 0.0918. The number of nitrogens with one attached hydrogen (secondary N) is 2. The summed E-state index contributed by atoms with van der Waals surface area (Å²) >= 11 is 0. The monoisotopic (exact) mass is 376 g/mol. The molecule has 1 heterocycles. The van der Waals surface area contributed by atoms with Crippen LogP contribution < -0.4 is 10.9 Å². The van der Waals surface area contributed by atoms with E-state index in [4.69, 9.17) is 0 Å². The molecule has 2 atom stereocenters. The highest BCUT2D eigenvalue weighted by atomic mass is 19.1. The summed E-state index contributed by atoms with van der Waals surface area (Å²) in [5.74, 6) is 0.0540. The lowest BCUT2D eigenvalue weighted by Crippen LogP contribution is -2.42. The van der Waals surface area contributed by atoms with Crippen molar-refractivity contribution in [3.05, 3.63) is 81.4 Å². The van der Waals surface area contributed by atoms with E-state index in [1.807, 2.05) is 0 Å².